The van der Waals surface area contributed by atoms with Crippen molar-refractivity contribution >= 4 is 33.9 Å². The Morgan fingerprint density at radius 3 is 2.66 bits per heavy atom. The second-order valence-electron chi connectivity index (χ2n) is 8.84. The van der Waals surface area contributed by atoms with E-state index >= 15 is 0 Å². The number of hydrogen-bond donors (Lipinski definition) is 2. The van der Waals surface area contributed by atoms with Gasteiger partial charge in [-0.2, -0.15) is 17.5 Å². The highest BCUT2D eigenvalue weighted by molar-refractivity contribution is 7.10. The summed E-state index contributed by atoms with van der Waals surface area (Å²) in [5.74, 6) is -0.215. The molecular formula is C24H27F4N7O2S. The summed E-state index contributed by atoms with van der Waals surface area (Å²) in [7, 11) is 0. The minimum atomic E-state index is -4.61. The van der Waals surface area contributed by atoms with Crippen molar-refractivity contribution in [1.29, 1.82) is 0 Å². The minimum absolute atomic E-state index is 0.0289. The number of alkyl halides is 4. The number of nitrogens with zero attached hydrogens (tertiary/aromatic N) is 5. The average Bonchev–Trinajstić information content (AvgIpc) is 3.25. The number of unbranched alkanes of at least 4 members (excludes halogenated alkanes) is 1. The van der Waals surface area contributed by atoms with Crippen molar-refractivity contribution in [2.24, 2.45) is 0 Å². The Bertz CT molecular complexity index is 1220. The molecule has 2 N–H and O–H groups in total. The summed E-state index contributed by atoms with van der Waals surface area (Å²) in [5.41, 5.74) is -0.130. The predicted octanol–water partition coefficient (Wildman–Crippen LogP) is 5.24. The molecule has 1 amide bonds. The molecule has 3 aromatic rings. The predicted molar refractivity (Wildman–Crippen MR) is 135 cm³/mol. The van der Waals surface area contributed by atoms with E-state index in [2.05, 4.69) is 41.8 Å². The molecule has 0 aliphatic carbocycles. The molecule has 14 heteroatoms. The second kappa shape index (κ2) is 12.0. The Labute approximate surface area is 220 Å². The lowest BCUT2D eigenvalue weighted by Gasteiger charge is -2.34. The zero-order valence-corrected chi connectivity index (χ0v) is 21.6. The Balaban J connectivity index is 1.35. The maximum Gasteiger partial charge on any atom is 0.434 e. The smallest absolute Gasteiger partial charge is 0.434 e. The highest BCUT2D eigenvalue weighted by Gasteiger charge is 2.33. The molecule has 2 atom stereocenters. The molecule has 0 unspecified atom stereocenters. The number of pyridine rings is 1. The van der Waals surface area contributed by atoms with Gasteiger partial charge in [-0.15, -0.1) is 0 Å². The van der Waals surface area contributed by atoms with Crippen LogP contribution < -0.4 is 15.4 Å². The van der Waals surface area contributed by atoms with Gasteiger partial charge >= 0.3 is 6.18 Å². The molecule has 0 saturated carbocycles. The van der Waals surface area contributed by atoms with E-state index in [0.29, 0.717) is 35.5 Å². The maximum absolute atomic E-state index is 14.6. The Kier molecular flexibility index (Phi) is 8.72. The third-order valence-corrected chi connectivity index (χ3v) is 6.79. The van der Waals surface area contributed by atoms with Crippen molar-refractivity contribution < 1.29 is 27.1 Å². The van der Waals surface area contributed by atoms with Crippen LogP contribution in [0.3, 0.4) is 0 Å². The number of carbonyl (C=O) groups excluding carboxylic acids is 1. The van der Waals surface area contributed by atoms with Crippen molar-refractivity contribution in [2.75, 3.05) is 30.3 Å². The van der Waals surface area contributed by atoms with Crippen molar-refractivity contribution in [3.05, 3.63) is 47.7 Å². The molecule has 4 rings (SSSR count). The number of nitrogens with one attached hydrogen (secondary N) is 2. The highest BCUT2D eigenvalue weighted by atomic mass is 32.1. The molecular weight excluding hydrogens is 526 g/mol. The SMILES string of the molecule is CCCCN1CC[C@@H](Oc2ccc(NC(=O)c3c(C)nsc3Nc3cnc(C(F)(F)F)cn3)cn2)[C@@H](F)C1. The summed E-state index contributed by atoms with van der Waals surface area (Å²) in [5, 5.41) is 5.79. The number of piperidine rings is 1. The molecule has 1 aliphatic rings. The Hall–Kier alpha value is -3.39. The number of hydrogen-bond acceptors (Lipinski definition) is 9. The molecule has 1 aliphatic heterocycles. The van der Waals surface area contributed by atoms with E-state index in [9.17, 15) is 22.4 Å². The lowest BCUT2D eigenvalue weighted by Crippen LogP contribution is -2.47. The third kappa shape index (κ3) is 6.92. The van der Waals surface area contributed by atoms with Crippen LogP contribution >= 0.6 is 11.5 Å². The fourth-order valence-corrected chi connectivity index (χ4v) is 4.72. The quantitative estimate of drug-likeness (QED) is 0.347. The average molecular weight is 554 g/mol. The van der Waals surface area contributed by atoms with Crippen LogP contribution in [-0.2, 0) is 6.18 Å². The number of aryl methyl sites for hydroxylation is 1. The van der Waals surface area contributed by atoms with Gasteiger partial charge in [-0.3, -0.25) is 4.79 Å². The topological polar surface area (TPSA) is 105 Å². The van der Waals surface area contributed by atoms with Gasteiger partial charge in [0.05, 0.1) is 35.5 Å². The van der Waals surface area contributed by atoms with Gasteiger partial charge in [-0.05, 0) is 43.9 Å². The van der Waals surface area contributed by atoms with Gasteiger partial charge in [-0.1, -0.05) is 13.3 Å². The molecule has 3 aromatic heterocycles. The van der Waals surface area contributed by atoms with Crippen LogP contribution in [-0.4, -0.2) is 62.0 Å². The summed E-state index contributed by atoms with van der Waals surface area (Å²) in [4.78, 5) is 26.3. The zero-order chi connectivity index (χ0) is 27.3. The third-order valence-electron chi connectivity index (χ3n) is 5.93. The summed E-state index contributed by atoms with van der Waals surface area (Å²) < 4.78 is 62.7. The van der Waals surface area contributed by atoms with Gasteiger partial charge in [-0.25, -0.2) is 19.3 Å². The van der Waals surface area contributed by atoms with Crippen LogP contribution in [0.15, 0.2) is 30.7 Å². The van der Waals surface area contributed by atoms with Crippen LogP contribution in [0.1, 0.15) is 47.9 Å². The van der Waals surface area contributed by atoms with Gasteiger partial charge < -0.3 is 20.3 Å². The Morgan fingerprint density at radius 2 is 2.03 bits per heavy atom. The standard InChI is InChI=1S/C24H27F4N7O2S/c1-3-4-8-35-9-7-17(16(25)13-35)37-20-6-5-15(10-31-20)32-22(36)21-14(2)34-38-23(21)33-19-12-29-18(11-30-19)24(26,27)28/h5-6,10-12,16-17H,3-4,7-9,13H2,1-2H3,(H,30,33)(H,32,36)/t16-,17+/m0/s1. The molecule has 204 valence electrons. The number of ether oxygens (including phenoxy) is 1. The van der Waals surface area contributed by atoms with Gasteiger partial charge in [0, 0.05) is 19.2 Å². The van der Waals surface area contributed by atoms with E-state index in [1.54, 1.807) is 19.1 Å². The molecule has 1 fully saturated rings. The molecule has 0 spiro atoms. The van der Waals surface area contributed by atoms with E-state index in [4.69, 9.17) is 4.74 Å². The zero-order valence-electron chi connectivity index (χ0n) is 20.8. The van der Waals surface area contributed by atoms with E-state index in [1.165, 1.54) is 6.20 Å². The number of carbonyl (C=O) groups is 1. The summed E-state index contributed by atoms with van der Waals surface area (Å²) in [6.45, 7) is 5.71. The molecule has 9 nitrogen and oxygen atoms in total. The first-order chi connectivity index (χ1) is 18.1. The first-order valence-corrected chi connectivity index (χ1v) is 12.8. The molecule has 0 aromatic carbocycles. The number of anilines is 3. The van der Waals surface area contributed by atoms with Crippen LogP contribution in [0.5, 0.6) is 5.88 Å². The van der Waals surface area contributed by atoms with Crippen LogP contribution in [0.4, 0.5) is 34.1 Å². The summed E-state index contributed by atoms with van der Waals surface area (Å²) in [6, 6.07) is 3.15. The van der Waals surface area contributed by atoms with E-state index in [-0.39, 0.29) is 17.3 Å². The van der Waals surface area contributed by atoms with Crippen LogP contribution in [0, 0.1) is 6.92 Å². The van der Waals surface area contributed by atoms with Gasteiger partial charge in [0.25, 0.3) is 5.91 Å². The van der Waals surface area contributed by atoms with Crippen molar-refractivity contribution in [1.82, 2.24) is 24.2 Å². The minimum Gasteiger partial charge on any atom is -0.471 e. The van der Waals surface area contributed by atoms with Crippen LogP contribution in [0.25, 0.3) is 0 Å². The van der Waals surface area contributed by atoms with E-state index in [0.717, 1.165) is 43.7 Å². The molecule has 0 bridgehead atoms. The highest BCUT2D eigenvalue weighted by Crippen LogP contribution is 2.30. The second-order valence-corrected chi connectivity index (χ2v) is 9.61. The molecule has 4 heterocycles. The number of halogens is 4. The monoisotopic (exact) mass is 553 g/mol. The fraction of sp³-hybridized carbons (Fsp3) is 0.458. The number of aromatic nitrogens is 4. The summed E-state index contributed by atoms with van der Waals surface area (Å²) in [6.07, 6.45) is -0.701. The van der Waals surface area contributed by atoms with Crippen molar-refractivity contribution in [3.8, 4) is 5.88 Å². The van der Waals surface area contributed by atoms with Gasteiger partial charge in [0.1, 0.15) is 23.1 Å². The van der Waals surface area contributed by atoms with Gasteiger partial charge in [0.15, 0.2) is 5.69 Å². The maximum atomic E-state index is 14.6. The van der Waals surface area contributed by atoms with Crippen molar-refractivity contribution in [2.45, 2.75) is 51.6 Å². The number of rotatable bonds is 9. The number of amides is 1. The van der Waals surface area contributed by atoms with E-state index < -0.39 is 30.1 Å². The molecule has 0 radical (unpaired) electrons. The number of likely N-dealkylation sites (tertiary alicyclic amines) is 1. The lowest BCUT2D eigenvalue weighted by molar-refractivity contribution is -0.141. The first kappa shape index (κ1) is 27.6. The van der Waals surface area contributed by atoms with E-state index in [1.807, 2.05) is 0 Å². The summed E-state index contributed by atoms with van der Waals surface area (Å²) >= 11 is 0.959. The fourth-order valence-electron chi connectivity index (χ4n) is 3.91. The molecule has 38 heavy (non-hydrogen) atoms. The first-order valence-electron chi connectivity index (χ1n) is 12.1. The van der Waals surface area contributed by atoms with Crippen LogP contribution in [0.2, 0.25) is 0 Å². The Morgan fingerprint density at radius 1 is 1.21 bits per heavy atom. The van der Waals surface area contributed by atoms with Gasteiger partial charge in [0.2, 0.25) is 5.88 Å². The van der Waals surface area contributed by atoms with Crippen molar-refractivity contribution in [3.63, 3.8) is 0 Å². The molecule has 1 saturated heterocycles. The lowest BCUT2D eigenvalue weighted by atomic mass is 10.1. The largest absolute Gasteiger partial charge is 0.471 e. The normalized spacial score (nSPS) is 18.3.